The van der Waals surface area contributed by atoms with Gasteiger partial charge in [0, 0.05) is 26.1 Å². The summed E-state index contributed by atoms with van der Waals surface area (Å²) >= 11 is 0. The van der Waals surface area contributed by atoms with Crippen LogP contribution in [0, 0.1) is 5.82 Å². The van der Waals surface area contributed by atoms with Gasteiger partial charge in [0.15, 0.2) is 0 Å². The first-order chi connectivity index (χ1) is 8.24. The lowest BCUT2D eigenvalue weighted by Gasteiger charge is -2.36. The summed E-state index contributed by atoms with van der Waals surface area (Å²) in [6, 6.07) is 4.73. The Labute approximate surface area is 98.8 Å². The van der Waals surface area contributed by atoms with Crippen LogP contribution in [-0.4, -0.2) is 31.6 Å². The molecule has 0 radical (unpaired) electrons. The summed E-state index contributed by atoms with van der Waals surface area (Å²) in [6.07, 6.45) is 0.448. The van der Waals surface area contributed by atoms with Gasteiger partial charge in [0.25, 0.3) is 0 Å². The second-order valence-electron chi connectivity index (χ2n) is 4.47. The van der Waals surface area contributed by atoms with Gasteiger partial charge in [0.05, 0.1) is 17.4 Å². The van der Waals surface area contributed by atoms with E-state index in [1.165, 1.54) is 12.1 Å². The maximum absolute atomic E-state index is 13.2. The minimum atomic E-state index is -0.322. The number of fused-ring (bicyclic) bond motifs is 3. The molecule has 17 heavy (non-hydrogen) atoms. The molecule has 1 aromatic carbocycles. The third-order valence-corrected chi connectivity index (χ3v) is 3.31. The Morgan fingerprint density at radius 3 is 3.18 bits per heavy atom. The highest BCUT2D eigenvalue weighted by atomic mass is 19.1. The van der Waals surface area contributed by atoms with E-state index in [1.807, 2.05) is 0 Å². The molecule has 2 heterocycles. The Morgan fingerprint density at radius 1 is 1.41 bits per heavy atom. The Balaban J connectivity index is 2.05. The van der Waals surface area contributed by atoms with E-state index >= 15 is 0 Å². The number of halogens is 1. The molecule has 3 rings (SSSR count). The molecule has 0 saturated carbocycles. The van der Waals surface area contributed by atoms with Crippen LogP contribution in [0.15, 0.2) is 18.2 Å². The van der Waals surface area contributed by atoms with Crippen molar-refractivity contribution in [2.45, 2.75) is 12.5 Å². The third-order valence-electron chi connectivity index (χ3n) is 3.31. The molecule has 0 aliphatic carbocycles. The standard InChI is InChI=1S/C12H14FN3O/c13-8-1-2-11-10(5-8)15-12(17)6-9-7-14-3-4-16(9)11/h1-2,5,9,14H,3-4,6-7H2,(H,15,17). The highest BCUT2D eigenvalue weighted by Crippen LogP contribution is 2.32. The van der Waals surface area contributed by atoms with Gasteiger partial charge in [0.2, 0.25) is 5.91 Å². The average molecular weight is 235 g/mol. The normalized spacial score (nSPS) is 23.5. The molecule has 0 spiro atoms. The second-order valence-corrected chi connectivity index (χ2v) is 4.47. The van der Waals surface area contributed by atoms with Crippen molar-refractivity contribution in [1.82, 2.24) is 5.32 Å². The van der Waals surface area contributed by atoms with Crippen LogP contribution in [0.4, 0.5) is 15.8 Å². The fraction of sp³-hybridized carbons (Fsp3) is 0.417. The number of hydrogen-bond acceptors (Lipinski definition) is 3. The molecular formula is C12H14FN3O. The number of nitrogens with zero attached hydrogens (tertiary/aromatic N) is 1. The van der Waals surface area contributed by atoms with Gasteiger partial charge in [-0.15, -0.1) is 0 Å². The topological polar surface area (TPSA) is 44.4 Å². The predicted molar refractivity (Wildman–Crippen MR) is 63.7 cm³/mol. The van der Waals surface area contributed by atoms with Crippen LogP contribution < -0.4 is 15.5 Å². The Bertz CT molecular complexity index is 463. The van der Waals surface area contributed by atoms with Crippen molar-refractivity contribution < 1.29 is 9.18 Å². The van der Waals surface area contributed by atoms with Gasteiger partial charge in [-0.3, -0.25) is 4.79 Å². The van der Waals surface area contributed by atoms with E-state index < -0.39 is 0 Å². The smallest absolute Gasteiger partial charge is 0.226 e. The molecule has 2 N–H and O–H groups in total. The van der Waals surface area contributed by atoms with Gasteiger partial charge >= 0.3 is 0 Å². The van der Waals surface area contributed by atoms with E-state index in [0.717, 1.165) is 25.3 Å². The van der Waals surface area contributed by atoms with Gasteiger partial charge in [0.1, 0.15) is 5.82 Å². The predicted octanol–water partition coefficient (Wildman–Crippen LogP) is 0.946. The fourth-order valence-electron chi connectivity index (χ4n) is 2.53. The van der Waals surface area contributed by atoms with Crippen molar-refractivity contribution in [1.29, 1.82) is 0 Å². The monoisotopic (exact) mass is 235 g/mol. The molecule has 1 fully saturated rings. The molecule has 0 aromatic heterocycles. The summed E-state index contributed by atoms with van der Waals surface area (Å²) in [4.78, 5) is 13.9. The molecule has 2 aliphatic rings. The lowest BCUT2D eigenvalue weighted by molar-refractivity contribution is -0.116. The zero-order valence-corrected chi connectivity index (χ0v) is 9.37. The maximum atomic E-state index is 13.2. The van der Waals surface area contributed by atoms with Crippen LogP contribution in [0.2, 0.25) is 0 Å². The molecule has 1 amide bonds. The Kier molecular flexibility index (Phi) is 2.48. The zero-order valence-electron chi connectivity index (χ0n) is 9.37. The maximum Gasteiger partial charge on any atom is 0.226 e. The van der Waals surface area contributed by atoms with Gasteiger partial charge in [-0.2, -0.15) is 0 Å². The second kappa shape index (κ2) is 4.00. The molecule has 1 unspecified atom stereocenters. The van der Waals surface area contributed by atoms with E-state index in [0.29, 0.717) is 12.1 Å². The van der Waals surface area contributed by atoms with E-state index in [-0.39, 0.29) is 17.8 Å². The van der Waals surface area contributed by atoms with E-state index in [9.17, 15) is 9.18 Å². The molecule has 2 aliphatic heterocycles. The first-order valence-corrected chi connectivity index (χ1v) is 5.81. The SMILES string of the molecule is O=C1CC2CNCCN2c2ccc(F)cc2N1. The lowest BCUT2D eigenvalue weighted by atomic mass is 10.1. The van der Waals surface area contributed by atoms with Crippen molar-refractivity contribution in [2.75, 3.05) is 29.9 Å². The number of carbonyl (C=O) groups excluding carboxylic acids is 1. The van der Waals surface area contributed by atoms with Crippen molar-refractivity contribution >= 4 is 17.3 Å². The van der Waals surface area contributed by atoms with Gasteiger partial charge < -0.3 is 15.5 Å². The highest BCUT2D eigenvalue weighted by Gasteiger charge is 2.29. The molecule has 0 bridgehead atoms. The van der Waals surface area contributed by atoms with Crippen LogP contribution in [0.3, 0.4) is 0 Å². The fourth-order valence-corrected chi connectivity index (χ4v) is 2.53. The number of piperazine rings is 1. The minimum absolute atomic E-state index is 0.0481. The lowest BCUT2D eigenvalue weighted by Crippen LogP contribution is -2.51. The number of carbonyl (C=O) groups is 1. The summed E-state index contributed by atoms with van der Waals surface area (Å²) in [7, 11) is 0. The van der Waals surface area contributed by atoms with E-state index in [1.54, 1.807) is 6.07 Å². The summed E-state index contributed by atoms with van der Waals surface area (Å²) in [5, 5.41) is 6.05. The minimum Gasteiger partial charge on any atom is -0.364 e. The largest absolute Gasteiger partial charge is 0.364 e. The molecule has 1 aromatic rings. The van der Waals surface area contributed by atoms with Crippen LogP contribution in [0.1, 0.15) is 6.42 Å². The quantitative estimate of drug-likeness (QED) is 0.703. The number of amides is 1. The van der Waals surface area contributed by atoms with E-state index in [2.05, 4.69) is 15.5 Å². The van der Waals surface area contributed by atoms with Gasteiger partial charge in [-0.25, -0.2) is 4.39 Å². The number of hydrogen-bond donors (Lipinski definition) is 2. The molecule has 1 saturated heterocycles. The summed E-state index contributed by atoms with van der Waals surface area (Å²) in [5.74, 6) is -0.370. The van der Waals surface area contributed by atoms with Crippen LogP contribution in [0.25, 0.3) is 0 Å². The Hall–Kier alpha value is -1.62. The Morgan fingerprint density at radius 2 is 2.29 bits per heavy atom. The first kappa shape index (κ1) is 10.5. The molecular weight excluding hydrogens is 221 g/mol. The van der Waals surface area contributed by atoms with Crippen LogP contribution >= 0.6 is 0 Å². The number of nitrogens with one attached hydrogen (secondary N) is 2. The average Bonchev–Trinajstić information content (AvgIpc) is 2.43. The summed E-state index contributed by atoms with van der Waals surface area (Å²) in [5.41, 5.74) is 1.50. The zero-order chi connectivity index (χ0) is 11.8. The molecule has 90 valence electrons. The first-order valence-electron chi connectivity index (χ1n) is 5.81. The summed E-state index contributed by atoms with van der Waals surface area (Å²) in [6.45, 7) is 2.53. The highest BCUT2D eigenvalue weighted by molar-refractivity contribution is 5.96. The van der Waals surface area contributed by atoms with Crippen LogP contribution in [0.5, 0.6) is 0 Å². The molecule has 1 atom stereocenters. The van der Waals surface area contributed by atoms with E-state index in [4.69, 9.17) is 0 Å². The van der Waals surface area contributed by atoms with Crippen molar-refractivity contribution in [3.05, 3.63) is 24.0 Å². The number of anilines is 2. The van der Waals surface area contributed by atoms with Gasteiger partial charge in [-0.05, 0) is 18.2 Å². The van der Waals surface area contributed by atoms with Crippen LogP contribution in [-0.2, 0) is 4.79 Å². The van der Waals surface area contributed by atoms with Gasteiger partial charge in [-0.1, -0.05) is 0 Å². The van der Waals surface area contributed by atoms with Crippen molar-refractivity contribution in [3.8, 4) is 0 Å². The van der Waals surface area contributed by atoms with Crippen molar-refractivity contribution in [3.63, 3.8) is 0 Å². The third kappa shape index (κ3) is 1.86. The van der Waals surface area contributed by atoms with Crippen molar-refractivity contribution in [2.24, 2.45) is 0 Å². The molecule has 4 nitrogen and oxygen atoms in total. The molecule has 5 heteroatoms. The number of benzene rings is 1. The summed E-state index contributed by atoms with van der Waals surface area (Å²) < 4.78 is 13.2. The number of rotatable bonds is 0.